The van der Waals surface area contributed by atoms with Crippen molar-refractivity contribution in [3.8, 4) is 11.1 Å². The van der Waals surface area contributed by atoms with Crippen LogP contribution in [0.3, 0.4) is 0 Å². The quantitative estimate of drug-likeness (QED) is 0.870. The molecule has 2 aromatic rings. The van der Waals surface area contributed by atoms with E-state index in [1.165, 1.54) is 0 Å². The van der Waals surface area contributed by atoms with Gasteiger partial charge in [0.1, 0.15) is 17.5 Å². The van der Waals surface area contributed by atoms with E-state index in [0.717, 1.165) is 11.1 Å². The summed E-state index contributed by atoms with van der Waals surface area (Å²) in [6.07, 6.45) is 0. The second-order valence-corrected chi connectivity index (χ2v) is 5.43. The van der Waals surface area contributed by atoms with Crippen molar-refractivity contribution in [2.24, 2.45) is 0 Å². The van der Waals surface area contributed by atoms with Gasteiger partial charge < -0.3 is 5.32 Å². The van der Waals surface area contributed by atoms with Crippen molar-refractivity contribution < 1.29 is 13.2 Å². The van der Waals surface area contributed by atoms with Gasteiger partial charge in [-0.1, -0.05) is 32.0 Å². The van der Waals surface area contributed by atoms with E-state index in [4.69, 9.17) is 0 Å². The number of benzene rings is 2. The summed E-state index contributed by atoms with van der Waals surface area (Å²) in [5.74, 6) is -2.68. The second kappa shape index (κ2) is 6.31. The highest BCUT2D eigenvalue weighted by molar-refractivity contribution is 5.68. The molecule has 0 amide bonds. The molecule has 1 nitrogen and oxygen atoms in total. The maximum absolute atomic E-state index is 13.8. The van der Waals surface area contributed by atoms with Crippen LogP contribution < -0.4 is 5.32 Å². The molecular weight excluding hydrogens is 275 g/mol. The first-order valence-corrected chi connectivity index (χ1v) is 6.86. The summed E-state index contributed by atoms with van der Waals surface area (Å²) in [7, 11) is 0. The van der Waals surface area contributed by atoms with Gasteiger partial charge in [-0.25, -0.2) is 13.2 Å². The van der Waals surface area contributed by atoms with Crippen LogP contribution in [0.4, 0.5) is 13.2 Å². The van der Waals surface area contributed by atoms with E-state index in [1.807, 2.05) is 26.0 Å². The molecule has 4 heteroatoms. The van der Waals surface area contributed by atoms with Gasteiger partial charge in [0.05, 0.1) is 5.56 Å². The lowest BCUT2D eigenvalue weighted by Gasteiger charge is -2.12. The van der Waals surface area contributed by atoms with Crippen molar-refractivity contribution in [3.05, 3.63) is 58.9 Å². The third kappa shape index (κ3) is 3.64. The Morgan fingerprint density at radius 3 is 2.14 bits per heavy atom. The van der Waals surface area contributed by atoms with E-state index < -0.39 is 17.5 Å². The van der Waals surface area contributed by atoms with Gasteiger partial charge in [0.15, 0.2) is 0 Å². The average molecular weight is 293 g/mol. The molecule has 1 N–H and O–H groups in total. The van der Waals surface area contributed by atoms with Gasteiger partial charge in [0.2, 0.25) is 0 Å². The minimum absolute atomic E-state index is 0.183. The number of hydrogen-bond donors (Lipinski definition) is 1. The molecule has 2 rings (SSSR count). The molecule has 0 unspecified atom stereocenters. The molecule has 0 saturated carbocycles. The fourth-order valence-corrected chi connectivity index (χ4v) is 2.24. The molecule has 0 bridgehead atoms. The number of nitrogens with one attached hydrogen (secondary N) is 1. The van der Waals surface area contributed by atoms with E-state index in [2.05, 4.69) is 5.32 Å². The van der Waals surface area contributed by atoms with Crippen molar-refractivity contribution >= 4 is 0 Å². The predicted octanol–water partition coefficient (Wildman–Crippen LogP) is 4.58. The minimum atomic E-state index is -0.913. The maximum Gasteiger partial charge on any atom is 0.136 e. The smallest absolute Gasteiger partial charge is 0.136 e. The van der Waals surface area contributed by atoms with E-state index in [0.29, 0.717) is 30.3 Å². The average Bonchev–Trinajstić information content (AvgIpc) is 2.37. The van der Waals surface area contributed by atoms with Crippen LogP contribution in [0.15, 0.2) is 30.3 Å². The highest BCUT2D eigenvalue weighted by atomic mass is 19.1. The summed E-state index contributed by atoms with van der Waals surface area (Å²) in [6.45, 7) is 6.57. The first-order chi connectivity index (χ1) is 9.88. The number of halogens is 3. The van der Waals surface area contributed by atoms with Crippen LogP contribution in [0.2, 0.25) is 0 Å². The van der Waals surface area contributed by atoms with Gasteiger partial charge in [-0.2, -0.15) is 0 Å². The Bertz CT molecular complexity index is 627. The Hall–Kier alpha value is -1.81. The SMILES string of the molecule is Cc1cc(CNC(C)C)ccc1-c1c(F)cc(F)cc1F. The largest absolute Gasteiger partial charge is 0.310 e. The number of hydrogen-bond acceptors (Lipinski definition) is 1. The summed E-state index contributed by atoms with van der Waals surface area (Å²) in [6, 6.07) is 7.13. The zero-order valence-corrected chi connectivity index (χ0v) is 12.3. The van der Waals surface area contributed by atoms with Gasteiger partial charge in [-0.05, 0) is 23.6 Å². The molecule has 0 fully saturated rings. The van der Waals surface area contributed by atoms with Crippen molar-refractivity contribution in [3.63, 3.8) is 0 Å². The Morgan fingerprint density at radius 1 is 1.00 bits per heavy atom. The van der Waals surface area contributed by atoms with E-state index >= 15 is 0 Å². The Balaban J connectivity index is 2.38. The predicted molar refractivity (Wildman–Crippen MR) is 78.5 cm³/mol. The molecule has 0 atom stereocenters. The van der Waals surface area contributed by atoms with E-state index in [9.17, 15) is 13.2 Å². The molecule has 2 aromatic carbocycles. The molecule has 0 saturated heterocycles. The second-order valence-electron chi connectivity index (χ2n) is 5.43. The van der Waals surface area contributed by atoms with E-state index in [-0.39, 0.29) is 5.56 Å². The van der Waals surface area contributed by atoms with Gasteiger partial charge in [0, 0.05) is 24.7 Å². The molecule has 0 aromatic heterocycles. The van der Waals surface area contributed by atoms with Crippen LogP contribution in [0, 0.1) is 24.4 Å². The third-order valence-electron chi connectivity index (χ3n) is 3.28. The Labute approximate surface area is 122 Å². The summed E-state index contributed by atoms with van der Waals surface area (Å²) >= 11 is 0. The summed E-state index contributed by atoms with van der Waals surface area (Å²) in [4.78, 5) is 0. The normalized spacial score (nSPS) is 11.2. The minimum Gasteiger partial charge on any atom is -0.310 e. The lowest BCUT2D eigenvalue weighted by atomic mass is 9.97. The summed E-state index contributed by atoms with van der Waals surface area (Å²) < 4.78 is 40.7. The first-order valence-electron chi connectivity index (χ1n) is 6.86. The lowest BCUT2D eigenvalue weighted by molar-refractivity contribution is 0.548. The highest BCUT2D eigenvalue weighted by Crippen LogP contribution is 2.30. The monoisotopic (exact) mass is 293 g/mol. The van der Waals surface area contributed by atoms with Crippen molar-refractivity contribution in [1.82, 2.24) is 5.32 Å². The molecular formula is C17H18F3N. The molecule has 0 aliphatic rings. The maximum atomic E-state index is 13.8. The molecule has 112 valence electrons. The fraction of sp³-hybridized carbons (Fsp3) is 0.294. The molecule has 0 aliphatic heterocycles. The lowest BCUT2D eigenvalue weighted by Crippen LogP contribution is -2.21. The number of rotatable bonds is 4. The summed E-state index contributed by atoms with van der Waals surface area (Å²) in [5, 5.41) is 3.28. The van der Waals surface area contributed by atoms with Crippen LogP contribution in [0.25, 0.3) is 11.1 Å². The van der Waals surface area contributed by atoms with Crippen LogP contribution in [0.1, 0.15) is 25.0 Å². The third-order valence-corrected chi connectivity index (χ3v) is 3.28. The van der Waals surface area contributed by atoms with Crippen molar-refractivity contribution in [1.29, 1.82) is 0 Å². The Kier molecular flexibility index (Phi) is 4.68. The molecule has 0 aliphatic carbocycles. The molecule has 0 spiro atoms. The van der Waals surface area contributed by atoms with Crippen LogP contribution in [-0.4, -0.2) is 6.04 Å². The summed E-state index contributed by atoms with van der Waals surface area (Å²) in [5.41, 5.74) is 2.05. The zero-order chi connectivity index (χ0) is 15.6. The van der Waals surface area contributed by atoms with Crippen LogP contribution >= 0.6 is 0 Å². The standard InChI is InChI=1S/C17H18F3N/c1-10(2)21-9-12-4-5-14(11(3)6-12)17-15(19)7-13(18)8-16(17)20/h4-8,10,21H,9H2,1-3H3. The topological polar surface area (TPSA) is 12.0 Å². The molecule has 0 heterocycles. The van der Waals surface area contributed by atoms with Gasteiger partial charge in [-0.3, -0.25) is 0 Å². The number of aryl methyl sites for hydroxylation is 1. The first kappa shape index (κ1) is 15.6. The Morgan fingerprint density at radius 2 is 1.62 bits per heavy atom. The zero-order valence-electron chi connectivity index (χ0n) is 12.3. The fourth-order valence-electron chi connectivity index (χ4n) is 2.24. The van der Waals surface area contributed by atoms with Crippen molar-refractivity contribution in [2.75, 3.05) is 0 Å². The van der Waals surface area contributed by atoms with Gasteiger partial charge in [0.25, 0.3) is 0 Å². The van der Waals surface area contributed by atoms with Crippen LogP contribution in [0.5, 0.6) is 0 Å². The highest BCUT2D eigenvalue weighted by Gasteiger charge is 2.15. The van der Waals surface area contributed by atoms with Crippen molar-refractivity contribution in [2.45, 2.75) is 33.4 Å². The van der Waals surface area contributed by atoms with Gasteiger partial charge >= 0.3 is 0 Å². The molecule has 0 radical (unpaired) electrons. The molecule has 21 heavy (non-hydrogen) atoms. The van der Waals surface area contributed by atoms with Gasteiger partial charge in [-0.15, -0.1) is 0 Å². The van der Waals surface area contributed by atoms with E-state index in [1.54, 1.807) is 13.0 Å². The van der Waals surface area contributed by atoms with Crippen LogP contribution in [-0.2, 0) is 6.54 Å².